The van der Waals surface area contributed by atoms with Crippen LogP contribution in [-0.4, -0.2) is 10.1 Å². The van der Waals surface area contributed by atoms with Gasteiger partial charge in [-0.05, 0) is 42.0 Å². The molecule has 0 radical (unpaired) electrons. The number of hydrogen-bond donors (Lipinski definition) is 2. The highest BCUT2D eigenvalue weighted by Gasteiger charge is 2.20. The molecule has 1 aromatic carbocycles. The Morgan fingerprint density at radius 2 is 1.95 bits per heavy atom. The molecule has 2 N–H and O–H groups in total. The summed E-state index contributed by atoms with van der Waals surface area (Å²) in [6.07, 6.45) is 5.40. The molecule has 3 nitrogen and oxygen atoms in total. The highest BCUT2D eigenvalue weighted by atomic mass is 16.3. The van der Waals surface area contributed by atoms with Crippen molar-refractivity contribution in [2.75, 3.05) is 0 Å². The minimum Gasteiger partial charge on any atom is -0.392 e. The van der Waals surface area contributed by atoms with Gasteiger partial charge in [-0.1, -0.05) is 30.3 Å². The van der Waals surface area contributed by atoms with Crippen molar-refractivity contribution in [3.8, 4) is 0 Å². The highest BCUT2D eigenvalue weighted by Crippen LogP contribution is 2.27. The van der Waals surface area contributed by atoms with Gasteiger partial charge in [0.05, 0.1) is 18.3 Å². The van der Waals surface area contributed by atoms with E-state index in [0.29, 0.717) is 6.04 Å². The lowest BCUT2D eigenvalue weighted by Crippen LogP contribution is -2.25. The third-order valence-electron chi connectivity index (χ3n) is 3.95. The molecule has 1 aromatic heterocycles. The molecule has 0 amide bonds. The molecule has 1 heterocycles. The molecule has 1 aliphatic rings. The van der Waals surface area contributed by atoms with Gasteiger partial charge in [0.2, 0.25) is 0 Å². The van der Waals surface area contributed by atoms with E-state index in [4.69, 9.17) is 5.11 Å². The van der Waals surface area contributed by atoms with Crippen molar-refractivity contribution in [2.45, 2.75) is 38.5 Å². The van der Waals surface area contributed by atoms with Gasteiger partial charge in [0, 0.05) is 12.7 Å². The molecular weight excluding hydrogens is 248 g/mol. The fraction of sp³-hybridized carbons (Fsp3) is 0.353. The van der Waals surface area contributed by atoms with Crippen LogP contribution < -0.4 is 5.32 Å². The summed E-state index contributed by atoms with van der Waals surface area (Å²) < 4.78 is 0. The van der Waals surface area contributed by atoms with Gasteiger partial charge in [-0.2, -0.15) is 0 Å². The van der Waals surface area contributed by atoms with Crippen LogP contribution in [-0.2, 0) is 19.6 Å². The van der Waals surface area contributed by atoms with Gasteiger partial charge in [-0.15, -0.1) is 0 Å². The minimum absolute atomic E-state index is 0.105. The van der Waals surface area contributed by atoms with E-state index in [1.54, 1.807) is 0 Å². The molecule has 0 fully saturated rings. The van der Waals surface area contributed by atoms with E-state index in [2.05, 4.69) is 28.5 Å². The number of nitrogens with zero attached hydrogens (tertiary/aromatic N) is 1. The number of aromatic nitrogens is 1. The maximum absolute atomic E-state index is 9.05. The minimum atomic E-state index is 0.105. The van der Waals surface area contributed by atoms with Crippen molar-refractivity contribution in [3.63, 3.8) is 0 Å². The van der Waals surface area contributed by atoms with E-state index in [1.165, 1.54) is 23.2 Å². The van der Waals surface area contributed by atoms with E-state index in [9.17, 15) is 0 Å². The van der Waals surface area contributed by atoms with Crippen molar-refractivity contribution < 1.29 is 5.11 Å². The van der Waals surface area contributed by atoms with E-state index in [1.807, 2.05) is 24.4 Å². The largest absolute Gasteiger partial charge is 0.392 e. The molecule has 3 heteroatoms. The summed E-state index contributed by atoms with van der Waals surface area (Å²) in [4.78, 5) is 4.54. The summed E-state index contributed by atoms with van der Waals surface area (Å²) >= 11 is 0. The highest BCUT2D eigenvalue weighted by molar-refractivity contribution is 5.26. The number of aliphatic hydroxyl groups is 1. The lowest BCUT2D eigenvalue weighted by atomic mass is 9.92. The third-order valence-corrected chi connectivity index (χ3v) is 3.95. The molecule has 2 aromatic rings. The number of aryl methyl sites for hydroxylation is 1. The van der Waals surface area contributed by atoms with Crippen molar-refractivity contribution in [2.24, 2.45) is 0 Å². The van der Waals surface area contributed by atoms with Crippen LogP contribution in [0.3, 0.4) is 0 Å². The van der Waals surface area contributed by atoms with E-state index in [0.717, 1.165) is 24.9 Å². The van der Waals surface area contributed by atoms with Gasteiger partial charge in [-0.25, -0.2) is 0 Å². The fourth-order valence-corrected chi connectivity index (χ4v) is 2.81. The molecule has 3 rings (SSSR count). The summed E-state index contributed by atoms with van der Waals surface area (Å²) in [5.74, 6) is 0. The number of pyridine rings is 1. The number of benzene rings is 1. The Labute approximate surface area is 119 Å². The van der Waals surface area contributed by atoms with Gasteiger partial charge >= 0.3 is 0 Å². The second-order valence-electron chi connectivity index (χ2n) is 5.35. The zero-order chi connectivity index (χ0) is 13.8. The Kier molecular flexibility index (Phi) is 4.09. The number of fused-ring (bicyclic) bond motifs is 1. The molecule has 1 aliphatic carbocycles. The lowest BCUT2D eigenvalue weighted by Gasteiger charge is -2.25. The summed E-state index contributed by atoms with van der Waals surface area (Å²) in [5, 5.41) is 12.7. The van der Waals surface area contributed by atoms with Crippen LogP contribution in [0.1, 0.15) is 41.3 Å². The van der Waals surface area contributed by atoms with Crippen LogP contribution in [0.4, 0.5) is 0 Å². The topological polar surface area (TPSA) is 45.1 Å². The van der Waals surface area contributed by atoms with Gasteiger partial charge in [-0.3, -0.25) is 4.98 Å². The summed E-state index contributed by atoms with van der Waals surface area (Å²) in [6, 6.07) is 12.7. The first-order chi connectivity index (χ1) is 9.86. The Morgan fingerprint density at radius 1 is 1.15 bits per heavy atom. The molecule has 1 atom stereocenters. The average Bonchev–Trinajstić information content (AvgIpc) is 2.53. The Balaban J connectivity index is 1.66. The maximum atomic E-state index is 9.05. The molecular formula is C17H20N2O. The molecule has 0 aliphatic heterocycles. The molecule has 0 saturated heterocycles. The Bertz CT molecular complexity index is 565. The van der Waals surface area contributed by atoms with Crippen LogP contribution in [0.2, 0.25) is 0 Å². The molecule has 0 spiro atoms. The predicted molar refractivity (Wildman–Crippen MR) is 79.1 cm³/mol. The number of hydrogen-bond acceptors (Lipinski definition) is 3. The maximum Gasteiger partial charge on any atom is 0.0681 e. The SMILES string of the molecule is OCc1ccc(CNC2CCCc3cccnc32)cc1. The molecule has 104 valence electrons. The van der Waals surface area contributed by atoms with Crippen LogP contribution in [0.5, 0.6) is 0 Å². The third kappa shape index (κ3) is 2.89. The number of rotatable bonds is 4. The van der Waals surface area contributed by atoms with Gasteiger partial charge in [0.1, 0.15) is 0 Å². The van der Waals surface area contributed by atoms with Crippen molar-refractivity contribution in [3.05, 3.63) is 65.0 Å². The molecule has 20 heavy (non-hydrogen) atoms. The monoisotopic (exact) mass is 268 g/mol. The normalized spacial score (nSPS) is 17.8. The second-order valence-corrected chi connectivity index (χ2v) is 5.35. The quantitative estimate of drug-likeness (QED) is 0.896. The first-order valence-electron chi connectivity index (χ1n) is 7.22. The number of aliphatic hydroxyl groups excluding tert-OH is 1. The molecule has 1 unspecified atom stereocenters. The zero-order valence-corrected chi connectivity index (χ0v) is 11.5. The van der Waals surface area contributed by atoms with Gasteiger partial charge in [0.25, 0.3) is 0 Å². The van der Waals surface area contributed by atoms with E-state index >= 15 is 0 Å². The van der Waals surface area contributed by atoms with Crippen molar-refractivity contribution in [1.82, 2.24) is 10.3 Å². The summed E-state index contributed by atoms with van der Waals surface area (Å²) in [7, 11) is 0. The molecule has 0 saturated carbocycles. The van der Waals surface area contributed by atoms with E-state index in [-0.39, 0.29) is 6.61 Å². The first-order valence-corrected chi connectivity index (χ1v) is 7.22. The smallest absolute Gasteiger partial charge is 0.0681 e. The Hall–Kier alpha value is -1.71. The predicted octanol–water partition coefficient (Wildman–Crippen LogP) is 2.74. The first kappa shape index (κ1) is 13.3. The van der Waals surface area contributed by atoms with Crippen molar-refractivity contribution in [1.29, 1.82) is 0 Å². The summed E-state index contributed by atoms with van der Waals surface area (Å²) in [5.41, 5.74) is 4.79. The Morgan fingerprint density at radius 3 is 2.75 bits per heavy atom. The van der Waals surface area contributed by atoms with Crippen LogP contribution in [0, 0.1) is 0 Å². The zero-order valence-electron chi connectivity index (χ0n) is 11.5. The van der Waals surface area contributed by atoms with Crippen molar-refractivity contribution >= 4 is 0 Å². The average molecular weight is 268 g/mol. The van der Waals surface area contributed by atoms with Crippen LogP contribution >= 0.6 is 0 Å². The van der Waals surface area contributed by atoms with E-state index < -0.39 is 0 Å². The lowest BCUT2D eigenvalue weighted by molar-refractivity contribution is 0.282. The summed E-state index contributed by atoms with van der Waals surface area (Å²) in [6.45, 7) is 0.944. The van der Waals surface area contributed by atoms with Crippen LogP contribution in [0.15, 0.2) is 42.6 Å². The van der Waals surface area contributed by atoms with Crippen LogP contribution in [0.25, 0.3) is 0 Å². The van der Waals surface area contributed by atoms with Gasteiger partial charge < -0.3 is 10.4 Å². The fourth-order valence-electron chi connectivity index (χ4n) is 2.81. The second kappa shape index (κ2) is 6.16. The standard InChI is InChI=1S/C17H20N2O/c20-12-14-8-6-13(7-9-14)11-19-16-5-1-3-15-4-2-10-18-17(15)16/h2,4,6-10,16,19-20H,1,3,5,11-12H2. The van der Waals surface area contributed by atoms with Gasteiger partial charge in [0.15, 0.2) is 0 Å². The number of nitrogens with one attached hydrogen (secondary N) is 1. The molecule has 0 bridgehead atoms.